The second kappa shape index (κ2) is 5.94. The van der Waals surface area contributed by atoms with Crippen LogP contribution in [0.3, 0.4) is 0 Å². The fraction of sp³-hybridized carbons (Fsp3) is 0.133. The molecule has 0 fully saturated rings. The van der Waals surface area contributed by atoms with Crippen molar-refractivity contribution < 1.29 is 22.7 Å². The van der Waals surface area contributed by atoms with Gasteiger partial charge in [0.15, 0.2) is 0 Å². The van der Waals surface area contributed by atoms with E-state index in [1.807, 2.05) is 28.5 Å². The summed E-state index contributed by atoms with van der Waals surface area (Å²) >= 11 is 1.82. The highest BCUT2D eigenvalue weighted by Crippen LogP contribution is 2.46. The molecule has 1 atom stereocenters. The van der Waals surface area contributed by atoms with E-state index in [2.05, 4.69) is 25.9 Å². The third-order valence-corrected chi connectivity index (χ3v) is 3.72. The van der Waals surface area contributed by atoms with Gasteiger partial charge in [0.1, 0.15) is 11.5 Å². The Kier molecular flexibility index (Phi) is 4.08. The van der Waals surface area contributed by atoms with Crippen molar-refractivity contribution in [2.24, 2.45) is 0 Å². The van der Waals surface area contributed by atoms with Gasteiger partial charge in [-0.3, -0.25) is 5.32 Å². The molecule has 0 spiro atoms. The van der Waals surface area contributed by atoms with Gasteiger partial charge in [-0.25, -0.2) is 14.8 Å². The largest absolute Gasteiger partial charge is 0.445 e. The highest BCUT2D eigenvalue weighted by atomic mass is 127. The Morgan fingerprint density at radius 2 is 2.08 bits per heavy atom. The molecule has 0 aliphatic carbocycles. The van der Waals surface area contributed by atoms with Crippen LogP contribution >= 0.6 is 22.6 Å². The smallest absolute Gasteiger partial charge is 0.415 e. The number of carbonyl (C=O) groups is 1. The monoisotopic (exact) mass is 445 g/mol. The van der Waals surface area contributed by atoms with Gasteiger partial charge in [-0.1, -0.05) is 6.07 Å². The summed E-state index contributed by atoms with van der Waals surface area (Å²) in [5.41, 5.74) is -3.36. The molecule has 1 unspecified atom stereocenters. The molecule has 1 aliphatic heterocycles. The number of pyridine rings is 2. The number of rotatable bonds is 0. The number of anilines is 1. The van der Waals surface area contributed by atoms with Gasteiger partial charge in [-0.15, -0.1) is 0 Å². The van der Waals surface area contributed by atoms with Gasteiger partial charge >= 0.3 is 12.3 Å². The van der Waals surface area contributed by atoms with E-state index in [1.54, 1.807) is 12.1 Å². The van der Waals surface area contributed by atoms with Crippen molar-refractivity contribution in [2.45, 2.75) is 11.8 Å². The minimum Gasteiger partial charge on any atom is -0.415 e. The number of cyclic esters (lactones) is 1. The number of carbonyl (C=O) groups excluding carboxylic acids is 1. The second-order valence-corrected chi connectivity index (χ2v) is 5.95. The van der Waals surface area contributed by atoms with Gasteiger partial charge in [-0.2, -0.15) is 13.2 Å². The summed E-state index contributed by atoms with van der Waals surface area (Å²) in [6, 6.07) is 5.87. The number of hydrogen-bond acceptors (Lipinski definition) is 4. The molecule has 3 heterocycles. The van der Waals surface area contributed by atoms with Gasteiger partial charge in [-0.05, 0) is 52.6 Å². The molecule has 5 nitrogen and oxygen atoms in total. The summed E-state index contributed by atoms with van der Waals surface area (Å²) in [6.45, 7) is 0. The van der Waals surface area contributed by atoms with Crippen LogP contribution in [0.4, 0.5) is 23.8 Å². The predicted octanol–water partition coefficient (Wildman–Crippen LogP) is 3.45. The summed E-state index contributed by atoms with van der Waals surface area (Å²) in [4.78, 5) is 19.3. The Morgan fingerprint density at radius 1 is 1.29 bits per heavy atom. The molecular formula is C15H7F3IN3O2. The number of nitrogens with zero attached hydrogens (tertiary/aromatic N) is 2. The van der Waals surface area contributed by atoms with Gasteiger partial charge in [0.25, 0.3) is 5.60 Å². The second-order valence-electron chi connectivity index (χ2n) is 4.71. The molecule has 1 aliphatic rings. The summed E-state index contributed by atoms with van der Waals surface area (Å²) < 4.78 is 46.5. The molecule has 0 radical (unpaired) electrons. The van der Waals surface area contributed by atoms with Gasteiger partial charge in [0, 0.05) is 16.0 Å². The highest BCUT2D eigenvalue weighted by molar-refractivity contribution is 14.1. The number of aromatic nitrogens is 2. The van der Waals surface area contributed by atoms with Crippen molar-refractivity contribution in [3.63, 3.8) is 0 Å². The minimum atomic E-state index is -4.96. The Labute approximate surface area is 147 Å². The number of amides is 1. The van der Waals surface area contributed by atoms with E-state index in [9.17, 15) is 18.0 Å². The van der Waals surface area contributed by atoms with Crippen molar-refractivity contribution in [3.8, 4) is 11.8 Å². The molecule has 2 aromatic rings. The molecule has 1 N–H and O–H groups in total. The Balaban J connectivity index is 2.23. The molecule has 0 aromatic carbocycles. The molecule has 2 aromatic heterocycles. The van der Waals surface area contributed by atoms with Crippen LogP contribution in [-0.4, -0.2) is 22.2 Å². The number of halogens is 4. The van der Waals surface area contributed by atoms with E-state index >= 15 is 0 Å². The van der Waals surface area contributed by atoms with Crippen LogP contribution in [0.25, 0.3) is 0 Å². The zero-order valence-corrected chi connectivity index (χ0v) is 13.8. The third kappa shape index (κ3) is 2.89. The first-order valence-corrected chi connectivity index (χ1v) is 7.57. The lowest BCUT2D eigenvalue weighted by Crippen LogP contribution is -2.49. The maximum Gasteiger partial charge on any atom is 0.445 e. The molecule has 122 valence electrons. The van der Waals surface area contributed by atoms with Gasteiger partial charge in [0.05, 0.1) is 5.56 Å². The first-order valence-electron chi connectivity index (χ1n) is 6.49. The fourth-order valence-corrected chi connectivity index (χ4v) is 2.54. The van der Waals surface area contributed by atoms with Crippen LogP contribution in [0.1, 0.15) is 11.3 Å². The first kappa shape index (κ1) is 16.5. The Morgan fingerprint density at radius 3 is 2.75 bits per heavy atom. The Bertz CT molecular complexity index is 862. The summed E-state index contributed by atoms with van der Waals surface area (Å²) in [7, 11) is 0. The maximum atomic E-state index is 13.8. The molecule has 0 saturated carbocycles. The lowest BCUT2D eigenvalue weighted by atomic mass is 9.92. The van der Waals surface area contributed by atoms with Crippen molar-refractivity contribution in [2.75, 3.05) is 5.32 Å². The summed E-state index contributed by atoms with van der Waals surface area (Å²) in [5.74, 6) is 4.13. The van der Waals surface area contributed by atoms with Crippen LogP contribution < -0.4 is 5.32 Å². The lowest BCUT2D eigenvalue weighted by molar-refractivity contribution is -0.239. The van der Waals surface area contributed by atoms with Crippen LogP contribution in [0.5, 0.6) is 0 Å². The Hall–Kier alpha value is -2.35. The SMILES string of the molecule is O=C1Nc2ncc(I)cc2C(C#Cc2ccccn2)(C(F)(F)F)O1. The lowest BCUT2D eigenvalue weighted by Gasteiger charge is -2.35. The van der Waals surface area contributed by atoms with E-state index in [-0.39, 0.29) is 17.1 Å². The van der Waals surface area contributed by atoms with Crippen LogP contribution in [-0.2, 0) is 10.3 Å². The average Bonchev–Trinajstić information content (AvgIpc) is 2.53. The number of hydrogen-bond donors (Lipinski definition) is 1. The van der Waals surface area contributed by atoms with Gasteiger partial charge < -0.3 is 4.74 Å². The molecule has 0 saturated heterocycles. The molecule has 24 heavy (non-hydrogen) atoms. The zero-order valence-electron chi connectivity index (χ0n) is 11.7. The molecule has 0 bridgehead atoms. The normalized spacial score (nSPS) is 19.4. The van der Waals surface area contributed by atoms with E-state index in [0.29, 0.717) is 3.57 Å². The number of nitrogens with one attached hydrogen (secondary N) is 1. The average molecular weight is 445 g/mol. The summed E-state index contributed by atoms with van der Waals surface area (Å²) in [6.07, 6.45) is -3.51. The van der Waals surface area contributed by atoms with E-state index < -0.39 is 17.9 Å². The fourth-order valence-electron chi connectivity index (χ4n) is 2.09. The van der Waals surface area contributed by atoms with Crippen molar-refractivity contribution in [1.82, 2.24) is 9.97 Å². The van der Waals surface area contributed by atoms with Crippen molar-refractivity contribution >= 4 is 34.5 Å². The predicted molar refractivity (Wildman–Crippen MR) is 85.9 cm³/mol. The highest BCUT2D eigenvalue weighted by Gasteiger charge is 2.62. The number of alkyl halides is 3. The molecule has 9 heteroatoms. The minimum absolute atomic E-state index is 0.121. The molecule has 1 amide bonds. The van der Waals surface area contributed by atoms with Crippen molar-refractivity contribution in [3.05, 3.63) is 51.5 Å². The van der Waals surface area contributed by atoms with Crippen LogP contribution in [0.15, 0.2) is 36.7 Å². The van der Waals surface area contributed by atoms with E-state index in [4.69, 9.17) is 0 Å². The quantitative estimate of drug-likeness (QED) is 0.499. The summed E-state index contributed by atoms with van der Waals surface area (Å²) in [5, 5.41) is 2.15. The van der Waals surface area contributed by atoms with E-state index in [0.717, 1.165) is 0 Å². The van der Waals surface area contributed by atoms with Crippen LogP contribution in [0, 0.1) is 15.4 Å². The van der Waals surface area contributed by atoms with Crippen LogP contribution in [0.2, 0.25) is 0 Å². The van der Waals surface area contributed by atoms with Crippen molar-refractivity contribution in [1.29, 1.82) is 0 Å². The standard InChI is InChI=1S/C15H7F3IN3O2/c16-15(17,18)14(5-4-10-3-1-2-6-20-10)11-7-9(19)8-21-12(11)22-13(23)24-14/h1-3,6-8H,(H,21,22,23). The van der Waals surface area contributed by atoms with E-state index in [1.165, 1.54) is 24.5 Å². The number of fused-ring (bicyclic) bond motifs is 1. The zero-order chi connectivity index (χ0) is 17.4. The number of ether oxygens (including phenoxy) is 1. The topological polar surface area (TPSA) is 64.1 Å². The third-order valence-electron chi connectivity index (χ3n) is 3.13. The first-order chi connectivity index (χ1) is 11.3. The molecule has 3 rings (SSSR count). The van der Waals surface area contributed by atoms with Gasteiger partial charge in [0.2, 0.25) is 0 Å². The molecular weight excluding hydrogens is 438 g/mol. The maximum absolute atomic E-state index is 13.8.